The molecule has 0 bridgehead atoms. The van der Waals surface area contributed by atoms with Crippen molar-refractivity contribution in [1.29, 1.82) is 0 Å². The summed E-state index contributed by atoms with van der Waals surface area (Å²) < 4.78 is 6.16. The van der Waals surface area contributed by atoms with Gasteiger partial charge in [-0.2, -0.15) is 15.2 Å². The van der Waals surface area contributed by atoms with Crippen LogP contribution in [0, 0.1) is 30.6 Å². The maximum Gasteiger partial charge on any atom is 0.260 e. The van der Waals surface area contributed by atoms with Crippen LogP contribution in [0.4, 0.5) is 28.4 Å². The van der Waals surface area contributed by atoms with E-state index in [1.807, 2.05) is 129 Å². The van der Waals surface area contributed by atoms with Gasteiger partial charge in [-0.05, 0) is 98.0 Å². The molecule has 2 N–H and O–H groups in total. The minimum absolute atomic E-state index is 0.0125. The maximum atomic E-state index is 15.5. The third-order valence-electron chi connectivity index (χ3n) is 12.7. The lowest BCUT2D eigenvalue weighted by Gasteiger charge is -2.50. The number of carbonyl (C=O) groups is 4. The molecule has 61 heavy (non-hydrogen) atoms. The van der Waals surface area contributed by atoms with E-state index in [4.69, 9.17) is 4.74 Å². The predicted molar refractivity (Wildman–Crippen MR) is 232 cm³/mol. The highest BCUT2D eigenvalue weighted by Crippen LogP contribution is 2.65. The molecular formula is C49H46N6O6. The van der Waals surface area contributed by atoms with E-state index in [1.165, 1.54) is 4.90 Å². The topological polar surface area (TPSA) is 144 Å². The van der Waals surface area contributed by atoms with Crippen molar-refractivity contribution >= 4 is 52.1 Å². The van der Waals surface area contributed by atoms with Gasteiger partial charge in [0.05, 0.1) is 52.5 Å². The molecule has 308 valence electrons. The summed E-state index contributed by atoms with van der Waals surface area (Å²) in [6, 6.07) is 38.8. The average Bonchev–Trinajstić information content (AvgIpc) is 3.66. The second-order valence-corrected chi connectivity index (χ2v) is 16.3. The van der Waals surface area contributed by atoms with E-state index < -0.39 is 46.8 Å². The number of aryl methyl sites for hydroxylation is 1. The summed E-state index contributed by atoms with van der Waals surface area (Å²) in [6.07, 6.45) is 2.46. The van der Waals surface area contributed by atoms with Crippen LogP contribution < -0.4 is 20.0 Å². The quantitative estimate of drug-likeness (QED) is 0.0775. The highest BCUT2D eigenvalue weighted by atomic mass is 16.5. The molecule has 5 aromatic rings. The fourth-order valence-corrected chi connectivity index (χ4v) is 9.95. The van der Waals surface area contributed by atoms with Crippen molar-refractivity contribution in [3.05, 3.63) is 156 Å². The zero-order chi connectivity index (χ0) is 42.4. The fourth-order valence-electron chi connectivity index (χ4n) is 9.95. The molecule has 0 spiro atoms. The Hall–Kier alpha value is -6.92. The molecule has 12 heteroatoms. The van der Waals surface area contributed by atoms with Gasteiger partial charge in [-0.1, -0.05) is 77.9 Å². The zero-order valence-electron chi connectivity index (χ0n) is 34.1. The molecule has 3 fully saturated rings. The normalized spacial score (nSPS) is 24.4. The summed E-state index contributed by atoms with van der Waals surface area (Å²) in [5.74, 6) is -4.70. The van der Waals surface area contributed by atoms with Gasteiger partial charge in [0.2, 0.25) is 11.8 Å². The van der Waals surface area contributed by atoms with E-state index in [0.29, 0.717) is 39.6 Å². The molecule has 4 aliphatic rings. The summed E-state index contributed by atoms with van der Waals surface area (Å²) in [5.41, 5.74) is 8.15. The van der Waals surface area contributed by atoms with E-state index in [9.17, 15) is 14.7 Å². The number of hydrogen-bond acceptors (Lipinski definition) is 10. The maximum absolute atomic E-state index is 15.5. The first kappa shape index (κ1) is 39.5. The van der Waals surface area contributed by atoms with Gasteiger partial charge in [-0.15, -0.1) is 0 Å². The lowest BCUT2D eigenvalue weighted by Crippen LogP contribution is -2.53. The molecule has 2 heterocycles. The van der Waals surface area contributed by atoms with Crippen molar-refractivity contribution in [3.63, 3.8) is 0 Å². The van der Waals surface area contributed by atoms with Crippen LogP contribution in [-0.2, 0) is 24.6 Å². The Bertz CT molecular complexity index is 2560. The van der Waals surface area contributed by atoms with Gasteiger partial charge in [0, 0.05) is 31.3 Å². The van der Waals surface area contributed by atoms with Crippen molar-refractivity contribution in [2.45, 2.75) is 31.1 Å². The number of benzene rings is 5. The number of nitrogens with zero attached hydrogens (tertiary/aromatic N) is 5. The molecule has 1 saturated carbocycles. The minimum Gasteiger partial charge on any atom is -0.491 e. The number of rotatable bonds is 11. The van der Waals surface area contributed by atoms with E-state index in [-0.39, 0.29) is 37.9 Å². The van der Waals surface area contributed by atoms with Crippen molar-refractivity contribution < 1.29 is 29.0 Å². The first-order valence-electron chi connectivity index (χ1n) is 20.6. The number of hydrazine groups is 1. The van der Waals surface area contributed by atoms with Crippen LogP contribution >= 0.6 is 0 Å². The number of carbonyl (C=O) groups excluding carboxylic acids is 4. The number of amides is 4. The number of nitrogens with one attached hydrogen (secondary N) is 1. The number of aliphatic hydroxyl groups excluding tert-OH is 1. The zero-order valence-corrected chi connectivity index (χ0v) is 34.1. The van der Waals surface area contributed by atoms with E-state index in [0.717, 1.165) is 21.8 Å². The van der Waals surface area contributed by atoms with Gasteiger partial charge >= 0.3 is 0 Å². The first-order valence-corrected chi connectivity index (χ1v) is 20.6. The van der Waals surface area contributed by atoms with Gasteiger partial charge in [0.25, 0.3) is 11.8 Å². The van der Waals surface area contributed by atoms with Crippen LogP contribution in [-0.4, -0.2) is 61.1 Å². The van der Waals surface area contributed by atoms with E-state index >= 15 is 9.59 Å². The van der Waals surface area contributed by atoms with Crippen molar-refractivity contribution in [1.82, 2.24) is 5.01 Å². The number of allylic oxidation sites excluding steroid dienone is 2. The predicted octanol–water partition coefficient (Wildman–Crippen LogP) is 8.04. The van der Waals surface area contributed by atoms with Crippen LogP contribution in [0.1, 0.15) is 35.4 Å². The Morgan fingerprint density at radius 2 is 1.43 bits per heavy atom. The minimum atomic E-state index is -1.45. The molecule has 2 aliphatic carbocycles. The Balaban J connectivity index is 1.11. The number of azo groups is 1. The van der Waals surface area contributed by atoms with Crippen LogP contribution in [0.15, 0.2) is 149 Å². The third kappa shape index (κ3) is 6.67. The molecule has 2 aliphatic heterocycles. The number of hydrogen-bond donors (Lipinski definition) is 2. The van der Waals surface area contributed by atoms with Gasteiger partial charge in [-0.3, -0.25) is 29.5 Å². The SMILES string of the molecule is Cc1ccc(NN2C(=O)[C@@H]3C[C@@H]4C(=CC[C@@H]5C(=O)N(c6ccc(N=Nc7ccc(N(C)C)cc7)cc6)C(=O)[C@@H]54)[C@H](c4ccccc4OCCO)[C@]3(c3ccccc3)C2=O)cc1. The highest BCUT2D eigenvalue weighted by molar-refractivity contribution is 6.22. The van der Waals surface area contributed by atoms with Gasteiger partial charge in [-0.25, -0.2) is 0 Å². The highest BCUT2D eigenvalue weighted by Gasteiger charge is 2.70. The van der Waals surface area contributed by atoms with Crippen LogP contribution in [0.3, 0.4) is 0 Å². The standard InChI is InChI=1S/C49H46N6O6/c1-30-13-15-34(16-14-30)52-55-46(58)41-29-40-37(44(38-11-7-8-12-42(38)61-28-27-56)49(41,48(55)60)31-9-5-4-6-10-31)25-26-39-43(40)47(59)54(45(39)57)36-23-19-33(20-24-36)51-50-32-17-21-35(22-18-32)53(2)3/h4-25,39-41,43-44,52,56H,26-29H2,1-3H3/t39-,40+,41-,43-,44+,49+/m0/s1. The molecule has 0 aromatic heterocycles. The van der Waals surface area contributed by atoms with Crippen molar-refractivity contribution in [2.75, 3.05) is 42.5 Å². The van der Waals surface area contributed by atoms with Gasteiger partial charge in [0.1, 0.15) is 12.4 Å². The van der Waals surface area contributed by atoms with E-state index in [1.54, 1.807) is 30.3 Å². The fraction of sp³-hybridized carbons (Fsp3) is 0.265. The van der Waals surface area contributed by atoms with Crippen LogP contribution in [0.2, 0.25) is 0 Å². The monoisotopic (exact) mass is 814 g/mol. The number of para-hydroxylation sites is 1. The van der Waals surface area contributed by atoms with E-state index in [2.05, 4.69) is 15.7 Å². The lowest BCUT2D eigenvalue weighted by atomic mass is 9.49. The molecule has 5 aromatic carbocycles. The Morgan fingerprint density at radius 3 is 2.10 bits per heavy atom. The summed E-state index contributed by atoms with van der Waals surface area (Å²) in [4.78, 5) is 63.0. The third-order valence-corrected chi connectivity index (χ3v) is 12.7. The summed E-state index contributed by atoms with van der Waals surface area (Å²) >= 11 is 0. The Labute approximate surface area is 354 Å². The molecule has 0 radical (unpaired) electrons. The number of fused-ring (bicyclic) bond motifs is 4. The average molecular weight is 815 g/mol. The second-order valence-electron chi connectivity index (χ2n) is 16.3. The first-order chi connectivity index (χ1) is 29.6. The number of anilines is 3. The molecular weight excluding hydrogens is 769 g/mol. The molecule has 0 unspecified atom stereocenters. The van der Waals surface area contributed by atoms with Crippen molar-refractivity contribution in [3.8, 4) is 5.75 Å². The summed E-state index contributed by atoms with van der Waals surface area (Å²) in [5, 5.41) is 19.7. The molecule has 12 nitrogen and oxygen atoms in total. The number of imide groups is 2. The van der Waals surface area contributed by atoms with Crippen molar-refractivity contribution in [2.24, 2.45) is 33.9 Å². The number of ether oxygens (including phenoxy) is 1. The van der Waals surface area contributed by atoms with Gasteiger partial charge < -0.3 is 14.7 Å². The molecule has 2 saturated heterocycles. The second kappa shape index (κ2) is 15.9. The Morgan fingerprint density at radius 1 is 0.770 bits per heavy atom. The molecule has 4 amide bonds. The molecule has 6 atom stereocenters. The van der Waals surface area contributed by atoms with Gasteiger partial charge in [0.15, 0.2) is 0 Å². The smallest absolute Gasteiger partial charge is 0.260 e. The summed E-state index contributed by atoms with van der Waals surface area (Å²) in [6.45, 7) is 1.75. The summed E-state index contributed by atoms with van der Waals surface area (Å²) in [7, 11) is 3.93. The largest absolute Gasteiger partial charge is 0.491 e. The number of aliphatic hydroxyl groups is 1. The van der Waals surface area contributed by atoms with Crippen LogP contribution in [0.25, 0.3) is 0 Å². The van der Waals surface area contributed by atoms with Crippen LogP contribution in [0.5, 0.6) is 5.75 Å². The Kier molecular flexibility index (Phi) is 10.3. The lowest BCUT2D eigenvalue weighted by molar-refractivity contribution is -0.138. The molecule has 9 rings (SSSR count).